The van der Waals surface area contributed by atoms with E-state index in [9.17, 15) is 8.78 Å². The Morgan fingerprint density at radius 3 is 2.63 bits per heavy atom. The molecule has 2 aromatic carbocycles. The number of rotatable bonds is 1. The van der Waals surface area contributed by atoms with Crippen LogP contribution in [0.4, 0.5) is 14.5 Å². The van der Waals surface area contributed by atoms with Crippen molar-refractivity contribution in [3.8, 4) is 11.4 Å². The molecule has 1 heterocycles. The molecule has 1 aromatic heterocycles. The molecule has 3 rings (SSSR count). The van der Waals surface area contributed by atoms with Crippen LogP contribution in [0.5, 0.6) is 0 Å². The van der Waals surface area contributed by atoms with Crippen LogP contribution in [0.3, 0.4) is 0 Å². The molecule has 0 bridgehead atoms. The summed E-state index contributed by atoms with van der Waals surface area (Å²) < 4.78 is 26.3. The van der Waals surface area contributed by atoms with E-state index >= 15 is 0 Å². The number of hydrogen-bond donors (Lipinski definition) is 2. The lowest BCUT2D eigenvalue weighted by Crippen LogP contribution is -1.93. The fourth-order valence-electron chi connectivity index (χ4n) is 2.14. The SMILES string of the molecule is Cc1cccc(N)c1-c1nc2cc(F)c(F)cc2[nH]1. The van der Waals surface area contributed by atoms with Gasteiger partial charge in [-0.1, -0.05) is 12.1 Å². The number of halogens is 2. The van der Waals surface area contributed by atoms with Gasteiger partial charge in [0.05, 0.1) is 11.0 Å². The highest BCUT2D eigenvalue weighted by atomic mass is 19.2. The molecule has 3 N–H and O–H groups in total. The molecule has 0 amide bonds. The third-order valence-corrected chi connectivity index (χ3v) is 3.07. The molecule has 19 heavy (non-hydrogen) atoms. The zero-order valence-electron chi connectivity index (χ0n) is 10.2. The normalized spacial score (nSPS) is 11.1. The van der Waals surface area contributed by atoms with Gasteiger partial charge in [0.1, 0.15) is 5.82 Å². The number of hydrogen-bond acceptors (Lipinski definition) is 2. The van der Waals surface area contributed by atoms with E-state index in [1.165, 1.54) is 0 Å². The molecule has 96 valence electrons. The molecular weight excluding hydrogens is 248 g/mol. The first-order valence-corrected chi connectivity index (χ1v) is 5.76. The monoisotopic (exact) mass is 259 g/mol. The van der Waals surface area contributed by atoms with Crippen LogP contribution in [0.15, 0.2) is 30.3 Å². The maximum absolute atomic E-state index is 13.2. The van der Waals surface area contributed by atoms with E-state index in [1.807, 2.05) is 19.1 Å². The van der Waals surface area contributed by atoms with E-state index in [2.05, 4.69) is 9.97 Å². The number of benzene rings is 2. The van der Waals surface area contributed by atoms with Gasteiger partial charge in [0, 0.05) is 23.4 Å². The summed E-state index contributed by atoms with van der Waals surface area (Å²) in [6.45, 7) is 1.90. The summed E-state index contributed by atoms with van der Waals surface area (Å²) in [6, 6.07) is 7.67. The molecule has 0 spiro atoms. The van der Waals surface area contributed by atoms with Crippen LogP contribution in [0.25, 0.3) is 22.4 Å². The van der Waals surface area contributed by atoms with Crippen LogP contribution in [-0.2, 0) is 0 Å². The van der Waals surface area contributed by atoms with Crippen molar-refractivity contribution >= 4 is 16.7 Å². The second-order valence-corrected chi connectivity index (χ2v) is 4.41. The van der Waals surface area contributed by atoms with Gasteiger partial charge in [-0.05, 0) is 18.6 Å². The minimum Gasteiger partial charge on any atom is -0.398 e. The number of nitrogens with two attached hydrogens (primary N) is 1. The van der Waals surface area contributed by atoms with E-state index < -0.39 is 11.6 Å². The Labute approximate surface area is 108 Å². The first kappa shape index (κ1) is 11.6. The van der Waals surface area contributed by atoms with E-state index in [1.54, 1.807) is 6.07 Å². The minimum atomic E-state index is -0.914. The van der Waals surface area contributed by atoms with Gasteiger partial charge < -0.3 is 10.7 Å². The number of nitrogens with one attached hydrogen (secondary N) is 1. The molecule has 3 nitrogen and oxygen atoms in total. The molecule has 3 aromatic rings. The zero-order valence-corrected chi connectivity index (χ0v) is 10.2. The fraction of sp³-hybridized carbons (Fsp3) is 0.0714. The number of fused-ring (bicyclic) bond motifs is 1. The molecule has 0 saturated carbocycles. The number of anilines is 1. The van der Waals surface area contributed by atoms with Gasteiger partial charge in [0.2, 0.25) is 0 Å². The molecule has 5 heteroatoms. The topological polar surface area (TPSA) is 54.7 Å². The Bertz CT molecular complexity index is 718. The second-order valence-electron chi connectivity index (χ2n) is 4.41. The molecule has 0 unspecified atom stereocenters. The van der Waals surface area contributed by atoms with Crippen molar-refractivity contribution in [3.05, 3.63) is 47.5 Å². The Morgan fingerprint density at radius 1 is 1.16 bits per heavy atom. The van der Waals surface area contributed by atoms with Gasteiger partial charge >= 0.3 is 0 Å². The average molecular weight is 259 g/mol. The molecule has 0 aliphatic carbocycles. The number of aryl methyl sites for hydroxylation is 1. The minimum absolute atomic E-state index is 0.372. The summed E-state index contributed by atoms with van der Waals surface area (Å²) in [5.74, 6) is -1.31. The predicted molar refractivity (Wildman–Crippen MR) is 70.6 cm³/mol. The maximum Gasteiger partial charge on any atom is 0.161 e. The van der Waals surface area contributed by atoms with Gasteiger partial charge in [-0.2, -0.15) is 0 Å². The Hall–Kier alpha value is -2.43. The largest absolute Gasteiger partial charge is 0.398 e. The van der Waals surface area contributed by atoms with Gasteiger partial charge in [-0.15, -0.1) is 0 Å². The Kier molecular flexibility index (Phi) is 2.48. The average Bonchev–Trinajstić information content (AvgIpc) is 2.72. The third kappa shape index (κ3) is 1.83. The van der Waals surface area contributed by atoms with Crippen molar-refractivity contribution in [1.29, 1.82) is 0 Å². The molecule has 0 aliphatic heterocycles. The molecule has 0 saturated heterocycles. The van der Waals surface area contributed by atoms with Crippen LogP contribution < -0.4 is 5.73 Å². The first-order valence-electron chi connectivity index (χ1n) is 5.76. The fourth-order valence-corrected chi connectivity index (χ4v) is 2.14. The number of imidazole rings is 1. The first-order chi connectivity index (χ1) is 9.06. The molecular formula is C14H11F2N3. The van der Waals surface area contributed by atoms with E-state index in [-0.39, 0.29) is 0 Å². The van der Waals surface area contributed by atoms with Crippen LogP contribution in [0, 0.1) is 18.6 Å². The van der Waals surface area contributed by atoms with E-state index in [4.69, 9.17) is 5.73 Å². The van der Waals surface area contributed by atoms with Crippen LogP contribution in [0.2, 0.25) is 0 Å². The standard InChI is InChI=1S/C14H11F2N3/c1-7-3-2-4-10(17)13(7)14-18-11-5-8(15)9(16)6-12(11)19-14/h2-6H,17H2,1H3,(H,18,19). The zero-order chi connectivity index (χ0) is 13.6. The highest BCUT2D eigenvalue weighted by Gasteiger charge is 2.13. The summed E-state index contributed by atoms with van der Waals surface area (Å²) in [7, 11) is 0. The number of H-pyrrole nitrogens is 1. The van der Waals surface area contributed by atoms with Crippen LogP contribution in [0.1, 0.15) is 5.56 Å². The van der Waals surface area contributed by atoms with Gasteiger partial charge in [-0.3, -0.25) is 0 Å². The summed E-state index contributed by atoms with van der Waals surface area (Å²) in [5, 5.41) is 0. The summed E-state index contributed by atoms with van der Waals surface area (Å²) >= 11 is 0. The quantitative estimate of drug-likeness (QED) is 0.658. The highest BCUT2D eigenvalue weighted by Crippen LogP contribution is 2.29. The molecule has 0 fully saturated rings. The Balaban J connectivity index is 2.26. The van der Waals surface area contributed by atoms with E-state index in [0.29, 0.717) is 22.5 Å². The molecule has 0 radical (unpaired) electrons. The third-order valence-electron chi connectivity index (χ3n) is 3.07. The number of nitrogens with zero attached hydrogens (tertiary/aromatic N) is 1. The van der Waals surface area contributed by atoms with Gasteiger partial charge in [0.25, 0.3) is 0 Å². The molecule has 0 atom stereocenters. The number of aromatic amines is 1. The summed E-state index contributed by atoms with van der Waals surface area (Å²) in [5.41, 5.74) is 9.00. The lowest BCUT2D eigenvalue weighted by Gasteiger charge is -2.05. The van der Waals surface area contributed by atoms with Crippen molar-refractivity contribution in [2.75, 3.05) is 5.73 Å². The highest BCUT2D eigenvalue weighted by molar-refractivity contribution is 5.83. The van der Waals surface area contributed by atoms with Crippen molar-refractivity contribution in [1.82, 2.24) is 9.97 Å². The summed E-state index contributed by atoms with van der Waals surface area (Å²) in [6.07, 6.45) is 0. The van der Waals surface area contributed by atoms with E-state index in [0.717, 1.165) is 23.3 Å². The van der Waals surface area contributed by atoms with Crippen LogP contribution in [-0.4, -0.2) is 9.97 Å². The molecule has 0 aliphatic rings. The summed E-state index contributed by atoms with van der Waals surface area (Å²) in [4.78, 5) is 7.23. The lowest BCUT2D eigenvalue weighted by atomic mass is 10.1. The Morgan fingerprint density at radius 2 is 1.89 bits per heavy atom. The smallest absolute Gasteiger partial charge is 0.161 e. The predicted octanol–water partition coefficient (Wildman–Crippen LogP) is 3.40. The van der Waals surface area contributed by atoms with Gasteiger partial charge in [0.15, 0.2) is 11.6 Å². The lowest BCUT2D eigenvalue weighted by molar-refractivity contribution is 0.510. The van der Waals surface area contributed by atoms with Crippen molar-refractivity contribution < 1.29 is 8.78 Å². The maximum atomic E-state index is 13.2. The van der Waals surface area contributed by atoms with Crippen molar-refractivity contribution in [2.24, 2.45) is 0 Å². The van der Waals surface area contributed by atoms with Crippen molar-refractivity contribution in [3.63, 3.8) is 0 Å². The van der Waals surface area contributed by atoms with Crippen LogP contribution >= 0.6 is 0 Å². The number of nitrogen functional groups attached to an aromatic ring is 1. The second kappa shape index (κ2) is 4.05. The number of aromatic nitrogens is 2. The van der Waals surface area contributed by atoms with Gasteiger partial charge in [-0.25, -0.2) is 13.8 Å². The van der Waals surface area contributed by atoms with Crippen molar-refractivity contribution in [2.45, 2.75) is 6.92 Å².